The predicted octanol–water partition coefficient (Wildman–Crippen LogP) is 6.90. The fourth-order valence-electron chi connectivity index (χ4n) is 4.26. The lowest BCUT2D eigenvalue weighted by Crippen LogP contribution is -2.18. The zero-order valence-corrected chi connectivity index (χ0v) is 22.8. The molecule has 0 fully saturated rings. The molecule has 0 saturated carbocycles. The fourth-order valence-corrected chi connectivity index (χ4v) is 4.72. The van der Waals surface area contributed by atoms with Crippen molar-refractivity contribution >= 4 is 44.9 Å². The van der Waals surface area contributed by atoms with Gasteiger partial charge in [0.2, 0.25) is 0 Å². The molecule has 0 spiro atoms. The van der Waals surface area contributed by atoms with E-state index in [4.69, 9.17) is 9.47 Å². The number of esters is 1. The summed E-state index contributed by atoms with van der Waals surface area (Å²) in [5.41, 5.74) is 7.59. The van der Waals surface area contributed by atoms with Gasteiger partial charge in [-0.1, -0.05) is 60.2 Å². The van der Waals surface area contributed by atoms with Crippen molar-refractivity contribution in [3.8, 4) is 22.6 Å². The number of carbonyl (C=O) groups is 2. The van der Waals surface area contributed by atoms with Crippen LogP contribution < -0.4 is 14.9 Å². The Morgan fingerprint density at radius 2 is 1.72 bits per heavy atom. The average molecular weight is 582 g/mol. The van der Waals surface area contributed by atoms with Crippen LogP contribution in [0.3, 0.4) is 0 Å². The van der Waals surface area contributed by atoms with Gasteiger partial charge in [-0.05, 0) is 70.4 Å². The molecule has 5 aromatic rings. The molecule has 0 radical (unpaired) electrons. The van der Waals surface area contributed by atoms with Crippen molar-refractivity contribution in [1.82, 2.24) is 10.4 Å². The van der Waals surface area contributed by atoms with Gasteiger partial charge in [0.25, 0.3) is 5.91 Å². The maximum atomic E-state index is 13.2. The number of halogens is 1. The second kappa shape index (κ2) is 11.4. The first kappa shape index (κ1) is 25.9. The topological polar surface area (TPSA) is 92.8 Å². The van der Waals surface area contributed by atoms with Crippen LogP contribution in [0.5, 0.6) is 11.5 Å². The van der Waals surface area contributed by atoms with Crippen LogP contribution in [-0.4, -0.2) is 30.2 Å². The molecule has 0 saturated heterocycles. The lowest BCUT2D eigenvalue weighted by molar-refractivity contribution is 0.0729. The predicted molar refractivity (Wildman–Crippen MR) is 156 cm³/mol. The molecule has 1 aromatic heterocycles. The molecular formula is C31H24BrN3O4. The number of nitrogens with one attached hydrogen (secondary N) is 2. The van der Waals surface area contributed by atoms with Gasteiger partial charge in [-0.3, -0.25) is 4.79 Å². The van der Waals surface area contributed by atoms with E-state index in [0.29, 0.717) is 22.6 Å². The molecule has 0 aliphatic rings. The number of aromatic nitrogens is 1. The second-order valence-electron chi connectivity index (χ2n) is 8.77. The highest BCUT2D eigenvalue weighted by atomic mass is 79.9. The Morgan fingerprint density at radius 1 is 0.923 bits per heavy atom. The van der Waals surface area contributed by atoms with E-state index in [2.05, 4.69) is 31.4 Å². The molecule has 8 heteroatoms. The third-order valence-electron chi connectivity index (χ3n) is 6.10. The van der Waals surface area contributed by atoms with E-state index in [9.17, 15) is 9.59 Å². The van der Waals surface area contributed by atoms with Gasteiger partial charge in [0, 0.05) is 15.4 Å². The Bertz CT molecular complexity index is 1710. The van der Waals surface area contributed by atoms with Crippen LogP contribution in [0.15, 0.2) is 101 Å². The van der Waals surface area contributed by atoms with Crippen molar-refractivity contribution < 1.29 is 19.1 Å². The summed E-state index contributed by atoms with van der Waals surface area (Å²) in [5, 5.41) is 5.07. The van der Waals surface area contributed by atoms with Gasteiger partial charge in [0.05, 0.1) is 24.4 Å². The van der Waals surface area contributed by atoms with Gasteiger partial charge in [0.15, 0.2) is 11.5 Å². The maximum Gasteiger partial charge on any atom is 0.343 e. The smallest absolute Gasteiger partial charge is 0.343 e. The van der Waals surface area contributed by atoms with E-state index in [1.54, 1.807) is 36.4 Å². The van der Waals surface area contributed by atoms with Crippen molar-refractivity contribution in [3.63, 3.8) is 0 Å². The largest absolute Gasteiger partial charge is 0.493 e. The Kier molecular flexibility index (Phi) is 7.56. The number of rotatable bonds is 7. The van der Waals surface area contributed by atoms with Crippen LogP contribution >= 0.6 is 15.9 Å². The summed E-state index contributed by atoms with van der Waals surface area (Å²) in [6, 6.07) is 27.7. The Morgan fingerprint density at radius 3 is 2.49 bits per heavy atom. The Balaban J connectivity index is 1.35. The van der Waals surface area contributed by atoms with E-state index in [-0.39, 0.29) is 11.7 Å². The van der Waals surface area contributed by atoms with Crippen molar-refractivity contribution in [1.29, 1.82) is 0 Å². The number of hydrogen-bond donors (Lipinski definition) is 2. The molecule has 7 nitrogen and oxygen atoms in total. The maximum absolute atomic E-state index is 13.2. The third-order valence-corrected chi connectivity index (χ3v) is 6.76. The molecule has 0 aliphatic heterocycles. The lowest BCUT2D eigenvalue weighted by atomic mass is 10.0. The van der Waals surface area contributed by atoms with Crippen molar-refractivity contribution in [2.24, 2.45) is 5.10 Å². The van der Waals surface area contributed by atoms with Crippen molar-refractivity contribution in [2.45, 2.75) is 6.92 Å². The highest BCUT2D eigenvalue weighted by molar-refractivity contribution is 9.10. The number of nitrogens with zero attached hydrogens (tertiary/aromatic N) is 1. The molecule has 0 aliphatic carbocycles. The van der Waals surface area contributed by atoms with Crippen LogP contribution in [0.1, 0.15) is 32.0 Å². The molecule has 4 aromatic carbocycles. The minimum Gasteiger partial charge on any atom is -0.493 e. The molecule has 194 valence electrons. The second-order valence-corrected chi connectivity index (χ2v) is 9.63. The number of ether oxygens (including phenoxy) is 2. The minimum absolute atomic E-state index is 0.279. The molecule has 0 atom stereocenters. The van der Waals surface area contributed by atoms with E-state index in [0.717, 1.165) is 32.1 Å². The molecule has 5 rings (SSSR count). The summed E-state index contributed by atoms with van der Waals surface area (Å²) in [7, 11) is 1.49. The van der Waals surface area contributed by atoms with Gasteiger partial charge in [-0.2, -0.15) is 5.10 Å². The fraction of sp³-hybridized carbons (Fsp3) is 0.0645. The third kappa shape index (κ3) is 5.61. The summed E-state index contributed by atoms with van der Waals surface area (Å²) in [4.78, 5) is 29.0. The number of aryl methyl sites for hydroxylation is 1. The van der Waals surface area contributed by atoms with E-state index < -0.39 is 5.97 Å². The molecule has 1 amide bonds. The SMILES string of the molecule is COc1cc(C=NNC(=O)c2[nH]c3c(Br)cccc3c2-c2ccccc2)ccc1OC(=O)c1cccc(C)c1. The summed E-state index contributed by atoms with van der Waals surface area (Å²) in [6.45, 7) is 1.91. The van der Waals surface area contributed by atoms with E-state index in [1.807, 2.05) is 61.5 Å². The number of methoxy groups -OCH3 is 1. The average Bonchev–Trinajstić information content (AvgIpc) is 3.35. The molecule has 2 N–H and O–H groups in total. The van der Waals surface area contributed by atoms with Gasteiger partial charge < -0.3 is 14.5 Å². The Hall–Kier alpha value is -4.69. The Labute approximate surface area is 233 Å². The first-order valence-corrected chi connectivity index (χ1v) is 12.9. The number of fused-ring (bicyclic) bond motifs is 1. The highest BCUT2D eigenvalue weighted by Crippen LogP contribution is 2.35. The van der Waals surface area contributed by atoms with E-state index >= 15 is 0 Å². The summed E-state index contributed by atoms with van der Waals surface area (Å²) < 4.78 is 11.8. The zero-order valence-electron chi connectivity index (χ0n) is 21.2. The summed E-state index contributed by atoms with van der Waals surface area (Å²) >= 11 is 3.56. The number of amides is 1. The van der Waals surface area contributed by atoms with Gasteiger partial charge >= 0.3 is 5.97 Å². The molecular weight excluding hydrogens is 558 g/mol. The van der Waals surface area contributed by atoms with Crippen LogP contribution in [0.2, 0.25) is 0 Å². The van der Waals surface area contributed by atoms with Crippen molar-refractivity contribution in [2.75, 3.05) is 7.11 Å². The lowest BCUT2D eigenvalue weighted by Gasteiger charge is -2.10. The molecule has 0 bridgehead atoms. The number of benzene rings is 4. The van der Waals surface area contributed by atoms with Gasteiger partial charge in [-0.15, -0.1) is 0 Å². The number of hydrogen-bond acceptors (Lipinski definition) is 5. The zero-order chi connectivity index (χ0) is 27.4. The first-order chi connectivity index (χ1) is 18.9. The van der Waals surface area contributed by atoms with Gasteiger partial charge in [0.1, 0.15) is 5.69 Å². The number of H-pyrrole nitrogens is 1. The quantitative estimate of drug-likeness (QED) is 0.0946. The van der Waals surface area contributed by atoms with Crippen LogP contribution in [0, 0.1) is 6.92 Å². The number of aromatic amines is 1. The van der Waals surface area contributed by atoms with E-state index in [1.165, 1.54) is 13.3 Å². The summed E-state index contributed by atoms with van der Waals surface area (Å²) in [6.07, 6.45) is 1.49. The first-order valence-electron chi connectivity index (χ1n) is 12.1. The standard InChI is InChI=1S/C31H24BrN3O4/c1-19-8-6-11-22(16-19)31(37)39-25-15-14-20(17-26(25)38-2)18-33-35-30(36)29-27(21-9-4-3-5-10-21)23-12-7-13-24(32)28(23)34-29/h3-18,34H,1-2H3,(H,35,36). The number of hydrazone groups is 1. The van der Waals surface area contributed by atoms with Crippen molar-refractivity contribution in [3.05, 3.63) is 118 Å². The monoisotopic (exact) mass is 581 g/mol. The number of para-hydroxylation sites is 1. The number of carbonyl (C=O) groups excluding carboxylic acids is 2. The van der Waals surface area contributed by atoms with Crippen LogP contribution in [0.4, 0.5) is 0 Å². The normalized spacial score (nSPS) is 11.1. The minimum atomic E-state index is -0.482. The highest BCUT2D eigenvalue weighted by Gasteiger charge is 2.20. The van der Waals surface area contributed by atoms with Gasteiger partial charge in [-0.25, -0.2) is 10.2 Å². The molecule has 1 heterocycles. The molecule has 39 heavy (non-hydrogen) atoms. The van der Waals surface area contributed by atoms with Crippen LogP contribution in [0.25, 0.3) is 22.0 Å². The summed E-state index contributed by atoms with van der Waals surface area (Å²) in [5.74, 6) is -0.229. The molecule has 0 unspecified atom stereocenters. The van der Waals surface area contributed by atoms with Crippen LogP contribution in [-0.2, 0) is 0 Å².